The van der Waals surface area contributed by atoms with E-state index in [1.807, 2.05) is 4.74 Å². The van der Waals surface area contributed by atoms with Gasteiger partial charge in [0.15, 0.2) is 6.86 Å². The van der Waals surface area contributed by atoms with Gasteiger partial charge in [0, 0.05) is 0 Å². The van der Waals surface area contributed by atoms with Gasteiger partial charge < -0.3 is 0 Å². The molecular formula is C10H3F19O4S. The number of hydrogen-bond acceptors (Lipinski definition) is 3. The Morgan fingerprint density at radius 3 is 0.971 bits per heavy atom. The van der Waals surface area contributed by atoms with Crippen LogP contribution in [0.15, 0.2) is 0 Å². The summed E-state index contributed by atoms with van der Waals surface area (Å²) in [5.74, 6) is -61.8. The summed E-state index contributed by atoms with van der Waals surface area (Å²) in [5, 5.41) is -7.97. The molecule has 0 aromatic heterocycles. The molecule has 0 aliphatic carbocycles. The van der Waals surface area contributed by atoms with Crippen molar-refractivity contribution >= 4 is 10.1 Å². The smallest absolute Gasteiger partial charge is 0.283 e. The van der Waals surface area contributed by atoms with Crippen molar-refractivity contribution in [2.75, 3.05) is 6.86 Å². The zero-order chi connectivity index (χ0) is 28.4. The van der Waals surface area contributed by atoms with Gasteiger partial charge in [-0.2, -0.15) is 87.4 Å². The highest BCUT2D eigenvalue weighted by Gasteiger charge is 2.97. The Hall–Kier alpha value is -1.46. The van der Waals surface area contributed by atoms with Crippen molar-refractivity contribution in [2.24, 2.45) is 0 Å². The molecule has 0 bridgehead atoms. The van der Waals surface area contributed by atoms with E-state index in [4.69, 9.17) is 4.55 Å². The van der Waals surface area contributed by atoms with Crippen LogP contribution in [0.2, 0.25) is 0 Å². The van der Waals surface area contributed by atoms with E-state index in [0.717, 1.165) is 0 Å². The van der Waals surface area contributed by atoms with Crippen molar-refractivity contribution in [2.45, 2.75) is 52.8 Å². The van der Waals surface area contributed by atoms with Crippen LogP contribution in [0.4, 0.5) is 83.4 Å². The molecule has 0 aliphatic rings. The van der Waals surface area contributed by atoms with E-state index in [2.05, 4.69) is 0 Å². The molecule has 0 radical (unpaired) electrons. The highest BCUT2D eigenvalue weighted by atomic mass is 32.2. The molecule has 0 unspecified atom stereocenters. The molecule has 24 heteroatoms. The van der Waals surface area contributed by atoms with Crippen molar-refractivity contribution in [1.82, 2.24) is 0 Å². The van der Waals surface area contributed by atoms with E-state index >= 15 is 0 Å². The molecule has 0 saturated carbocycles. The summed E-state index contributed by atoms with van der Waals surface area (Å²) < 4.78 is 278. The van der Waals surface area contributed by atoms with Gasteiger partial charge in [-0.1, -0.05) is 0 Å². The van der Waals surface area contributed by atoms with Gasteiger partial charge in [0.1, 0.15) is 0 Å². The number of rotatable bonds is 11. The Labute approximate surface area is 172 Å². The Morgan fingerprint density at radius 2 is 0.735 bits per heavy atom. The summed E-state index contributed by atoms with van der Waals surface area (Å²) in [7, 11) is -8.01. The molecule has 1 N–H and O–H groups in total. The van der Waals surface area contributed by atoms with Gasteiger partial charge >= 0.3 is 62.9 Å². The van der Waals surface area contributed by atoms with E-state index in [0.29, 0.717) is 0 Å². The first-order valence-corrected chi connectivity index (χ1v) is 8.32. The van der Waals surface area contributed by atoms with Gasteiger partial charge in [0.25, 0.3) is 0 Å². The molecule has 0 fully saturated rings. The second kappa shape index (κ2) is 8.03. The second-order valence-corrected chi connectivity index (χ2v) is 7.25. The molecule has 0 spiro atoms. The second-order valence-electron chi connectivity index (χ2n) is 5.78. The van der Waals surface area contributed by atoms with Crippen LogP contribution in [-0.4, -0.2) is 72.7 Å². The monoisotopic (exact) mass is 580 g/mol. The molecule has 0 atom stereocenters. The Bertz CT molecular complexity index is 862. The molecule has 0 aromatic rings. The third kappa shape index (κ3) is 3.82. The normalized spacial score (nSPS) is 16.7. The maximum Gasteiger partial charge on any atom is 0.438 e. The SMILES string of the molecule is O=S(=O)(O)C(F)(F)C(F)(F)C(F)(F)C(F)(F)C(F)(F)C(F)(F)C(F)(F)C(F)(F)C(F)(F)OCF. The quantitative estimate of drug-likeness (QED) is 0.261. The first kappa shape index (κ1) is 32.5. The minimum absolute atomic E-state index is 1.92. The number of halogens is 19. The number of ether oxygens (including phenoxy) is 1. The van der Waals surface area contributed by atoms with Crippen LogP contribution in [0.25, 0.3) is 0 Å². The topological polar surface area (TPSA) is 63.6 Å². The van der Waals surface area contributed by atoms with Crippen LogP contribution in [0, 0.1) is 0 Å². The molecule has 0 aromatic carbocycles. The summed E-state index contributed by atoms with van der Waals surface area (Å²) in [4.78, 5) is 0. The van der Waals surface area contributed by atoms with Gasteiger partial charge in [-0.15, -0.1) is 0 Å². The lowest BCUT2D eigenvalue weighted by atomic mass is 9.89. The fraction of sp³-hybridized carbons (Fsp3) is 1.00. The summed E-state index contributed by atoms with van der Waals surface area (Å²) in [6.07, 6.45) is -7.31. The zero-order valence-electron chi connectivity index (χ0n) is 14.5. The maximum atomic E-state index is 13.3. The van der Waals surface area contributed by atoms with Crippen LogP contribution in [0.1, 0.15) is 0 Å². The molecule has 0 aliphatic heterocycles. The van der Waals surface area contributed by atoms with Crippen LogP contribution in [0.5, 0.6) is 0 Å². The van der Waals surface area contributed by atoms with Crippen LogP contribution in [-0.2, 0) is 14.9 Å². The summed E-state index contributed by atoms with van der Waals surface area (Å²) in [5.41, 5.74) is 0. The molecule has 34 heavy (non-hydrogen) atoms. The molecule has 0 heterocycles. The predicted octanol–water partition coefficient (Wildman–Crippen LogP) is 5.45. The van der Waals surface area contributed by atoms with E-state index in [1.54, 1.807) is 0 Å². The minimum Gasteiger partial charge on any atom is -0.283 e. The Morgan fingerprint density at radius 1 is 0.500 bits per heavy atom. The summed E-state index contributed by atoms with van der Waals surface area (Å²) in [6.45, 7) is -3.29. The highest BCUT2D eigenvalue weighted by Crippen LogP contribution is 2.65. The predicted molar refractivity (Wildman–Crippen MR) is 63.1 cm³/mol. The fourth-order valence-electron chi connectivity index (χ4n) is 1.67. The van der Waals surface area contributed by atoms with Crippen molar-refractivity contribution in [3.8, 4) is 0 Å². The van der Waals surface area contributed by atoms with E-state index in [1.165, 1.54) is 0 Å². The van der Waals surface area contributed by atoms with Gasteiger partial charge in [0.2, 0.25) is 0 Å². The van der Waals surface area contributed by atoms with E-state index < -0.39 is 69.8 Å². The van der Waals surface area contributed by atoms with Crippen molar-refractivity contribution in [3.05, 3.63) is 0 Å². The van der Waals surface area contributed by atoms with Crippen LogP contribution >= 0.6 is 0 Å². The molecule has 0 saturated heterocycles. The van der Waals surface area contributed by atoms with Gasteiger partial charge in [0.05, 0.1) is 0 Å². The van der Waals surface area contributed by atoms with Crippen molar-refractivity contribution in [1.29, 1.82) is 0 Å². The number of hydrogen-bond donors (Lipinski definition) is 1. The number of alkyl halides is 19. The lowest BCUT2D eigenvalue weighted by Crippen LogP contribution is -2.76. The molecule has 206 valence electrons. The van der Waals surface area contributed by atoms with Crippen LogP contribution in [0.3, 0.4) is 0 Å². The lowest BCUT2D eigenvalue weighted by molar-refractivity contribution is -0.477. The van der Waals surface area contributed by atoms with Crippen molar-refractivity contribution < 1.29 is 101 Å². The molecule has 0 rings (SSSR count). The van der Waals surface area contributed by atoms with Crippen LogP contribution < -0.4 is 0 Å². The largest absolute Gasteiger partial charge is 0.438 e. The Balaban J connectivity index is 7.07. The Kier molecular flexibility index (Phi) is 7.68. The summed E-state index contributed by atoms with van der Waals surface area (Å²) >= 11 is 0. The maximum absolute atomic E-state index is 13.3. The molecule has 0 amide bonds. The average Bonchev–Trinajstić information content (AvgIpc) is 2.59. The molecular weight excluding hydrogens is 577 g/mol. The third-order valence-electron chi connectivity index (χ3n) is 3.66. The van der Waals surface area contributed by atoms with E-state index in [9.17, 15) is 91.8 Å². The third-order valence-corrected chi connectivity index (χ3v) is 4.56. The van der Waals surface area contributed by atoms with Gasteiger partial charge in [-0.25, -0.2) is 4.39 Å². The minimum atomic E-state index is -9.14. The average molecular weight is 580 g/mol. The zero-order valence-corrected chi connectivity index (χ0v) is 15.3. The van der Waals surface area contributed by atoms with Gasteiger partial charge in [-0.3, -0.25) is 9.29 Å². The highest BCUT2D eigenvalue weighted by molar-refractivity contribution is 7.87. The standard InChI is InChI=1S/C10H3F19O4S/c11-1-33-9(26,27)7(22,23)5(18,19)3(14,15)2(12,13)4(16,17)6(20,21)8(24,25)10(28,29)34(30,31)32/h1H2,(H,30,31,32). The summed E-state index contributed by atoms with van der Waals surface area (Å²) in [6, 6.07) is 0. The first-order chi connectivity index (χ1) is 14.3. The lowest BCUT2D eigenvalue weighted by Gasteiger charge is -2.43. The fourth-order valence-corrected chi connectivity index (χ4v) is 2.12. The van der Waals surface area contributed by atoms with Gasteiger partial charge in [-0.05, 0) is 0 Å². The van der Waals surface area contributed by atoms with Crippen molar-refractivity contribution in [3.63, 3.8) is 0 Å². The van der Waals surface area contributed by atoms with E-state index in [-0.39, 0.29) is 0 Å². The molecule has 4 nitrogen and oxygen atoms in total. The first-order valence-electron chi connectivity index (χ1n) is 6.88.